The lowest BCUT2D eigenvalue weighted by Crippen LogP contribution is -2.37. The van der Waals surface area contributed by atoms with Gasteiger partial charge >= 0.3 is 5.97 Å². The van der Waals surface area contributed by atoms with Gasteiger partial charge < -0.3 is 9.64 Å². The fourth-order valence-electron chi connectivity index (χ4n) is 4.42. The van der Waals surface area contributed by atoms with Gasteiger partial charge in [-0.25, -0.2) is 0 Å². The van der Waals surface area contributed by atoms with E-state index in [1.807, 2.05) is 4.90 Å². The molecule has 1 aliphatic carbocycles. The van der Waals surface area contributed by atoms with Crippen LogP contribution in [-0.2, 0) is 9.53 Å². The average Bonchev–Trinajstić information content (AvgIpc) is 3.22. The van der Waals surface area contributed by atoms with Crippen molar-refractivity contribution in [2.24, 2.45) is 11.3 Å². The maximum atomic E-state index is 12.8. The number of esters is 1. The molecule has 2 aliphatic rings. The summed E-state index contributed by atoms with van der Waals surface area (Å²) in [7, 11) is 1.43. The molecule has 2 heterocycles. The second-order valence-corrected chi connectivity index (χ2v) is 7.97. The van der Waals surface area contributed by atoms with Gasteiger partial charge in [-0.15, -0.1) is 0 Å². The highest BCUT2D eigenvalue weighted by Gasteiger charge is 2.55. The highest BCUT2D eigenvalue weighted by molar-refractivity contribution is 6.33. The third-order valence-electron chi connectivity index (χ3n) is 5.78. The van der Waals surface area contributed by atoms with Gasteiger partial charge in [0.25, 0.3) is 5.56 Å². The second-order valence-electron chi connectivity index (χ2n) is 7.15. The van der Waals surface area contributed by atoms with Gasteiger partial charge in [0.05, 0.1) is 30.1 Å². The van der Waals surface area contributed by atoms with Crippen molar-refractivity contribution in [3.05, 3.63) is 50.9 Å². The highest BCUT2D eigenvalue weighted by atomic mass is 35.5. The molecule has 27 heavy (non-hydrogen) atoms. The molecule has 0 bridgehead atoms. The number of anilines is 1. The molecule has 2 atom stereocenters. The van der Waals surface area contributed by atoms with Crippen LogP contribution in [0.2, 0.25) is 10.0 Å². The smallest absolute Gasteiger partial charge is 0.313 e. The van der Waals surface area contributed by atoms with Crippen molar-refractivity contribution >= 4 is 34.9 Å². The monoisotopic (exact) mass is 407 g/mol. The Labute approximate surface area is 166 Å². The molecule has 1 saturated heterocycles. The van der Waals surface area contributed by atoms with Crippen LogP contribution < -0.4 is 10.5 Å². The zero-order valence-electron chi connectivity index (χ0n) is 14.8. The van der Waals surface area contributed by atoms with Crippen molar-refractivity contribution in [3.8, 4) is 5.69 Å². The van der Waals surface area contributed by atoms with E-state index in [4.69, 9.17) is 27.9 Å². The molecule has 1 saturated carbocycles. The normalized spacial score (nSPS) is 24.1. The summed E-state index contributed by atoms with van der Waals surface area (Å²) >= 11 is 12.3. The van der Waals surface area contributed by atoms with E-state index in [-0.39, 0.29) is 16.9 Å². The van der Waals surface area contributed by atoms with Crippen molar-refractivity contribution in [1.29, 1.82) is 0 Å². The first-order chi connectivity index (χ1) is 13.0. The van der Waals surface area contributed by atoms with Crippen LogP contribution >= 0.6 is 23.2 Å². The SMILES string of the molecule is COC(=O)C12CCCC1CN(c1cnn(-c3ccc(Cl)cc3)c(=O)c1Cl)C2. The molecule has 1 aliphatic heterocycles. The molecule has 142 valence electrons. The lowest BCUT2D eigenvalue weighted by atomic mass is 9.81. The van der Waals surface area contributed by atoms with Crippen molar-refractivity contribution in [2.45, 2.75) is 19.3 Å². The summed E-state index contributed by atoms with van der Waals surface area (Å²) < 4.78 is 6.32. The molecule has 2 unspecified atom stereocenters. The Morgan fingerprint density at radius 2 is 2.04 bits per heavy atom. The van der Waals surface area contributed by atoms with E-state index in [9.17, 15) is 9.59 Å². The first-order valence-electron chi connectivity index (χ1n) is 8.83. The number of ether oxygens (including phenoxy) is 1. The fourth-order valence-corrected chi connectivity index (χ4v) is 4.79. The molecule has 0 N–H and O–H groups in total. The lowest BCUT2D eigenvalue weighted by Gasteiger charge is -2.26. The van der Waals surface area contributed by atoms with Gasteiger partial charge in [-0.2, -0.15) is 9.78 Å². The van der Waals surface area contributed by atoms with Crippen LogP contribution in [0, 0.1) is 11.3 Å². The Morgan fingerprint density at radius 3 is 2.74 bits per heavy atom. The van der Waals surface area contributed by atoms with Crippen molar-refractivity contribution < 1.29 is 9.53 Å². The van der Waals surface area contributed by atoms with Crippen LogP contribution in [0.4, 0.5) is 5.69 Å². The molecule has 0 amide bonds. The molecule has 1 aromatic heterocycles. The Hall–Kier alpha value is -2.05. The van der Waals surface area contributed by atoms with E-state index >= 15 is 0 Å². The number of rotatable bonds is 3. The van der Waals surface area contributed by atoms with Gasteiger partial charge in [-0.3, -0.25) is 9.59 Å². The minimum Gasteiger partial charge on any atom is -0.469 e. The summed E-state index contributed by atoms with van der Waals surface area (Å²) in [6.07, 6.45) is 4.37. The molecular formula is C19H19Cl2N3O3. The van der Waals surface area contributed by atoms with Crippen molar-refractivity contribution in [2.75, 3.05) is 25.1 Å². The minimum atomic E-state index is -0.511. The van der Waals surface area contributed by atoms with E-state index in [2.05, 4.69) is 5.10 Å². The molecule has 8 heteroatoms. The van der Waals surface area contributed by atoms with E-state index in [0.717, 1.165) is 19.3 Å². The quantitative estimate of drug-likeness (QED) is 0.730. The number of hydrogen-bond acceptors (Lipinski definition) is 5. The number of nitrogens with zero attached hydrogens (tertiary/aromatic N) is 3. The summed E-state index contributed by atoms with van der Waals surface area (Å²) in [6, 6.07) is 6.79. The first kappa shape index (κ1) is 18.3. The average molecular weight is 408 g/mol. The summed E-state index contributed by atoms with van der Waals surface area (Å²) in [4.78, 5) is 27.2. The number of carbonyl (C=O) groups excluding carboxylic acids is 1. The van der Waals surface area contributed by atoms with Crippen LogP contribution in [0.25, 0.3) is 5.69 Å². The van der Waals surface area contributed by atoms with Crippen LogP contribution in [0.15, 0.2) is 35.3 Å². The molecule has 2 aromatic rings. The maximum Gasteiger partial charge on any atom is 0.313 e. The summed E-state index contributed by atoms with van der Waals surface area (Å²) in [6.45, 7) is 1.16. The first-order valence-corrected chi connectivity index (χ1v) is 9.59. The zero-order chi connectivity index (χ0) is 19.2. The van der Waals surface area contributed by atoms with Gasteiger partial charge in [-0.05, 0) is 43.0 Å². The van der Waals surface area contributed by atoms with Gasteiger partial charge in [0.15, 0.2) is 0 Å². The van der Waals surface area contributed by atoms with Crippen LogP contribution in [-0.4, -0.2) is 35.9 Å². The predicted octanol–water partition coefficient (Wildman–Crippen LogP) is 3.32. The fraction of sp³-hybridized carbons (Fsp3) is 0.421. The summed E-state index contributed by atoms with van der Waals surface area (Å²) in [5.41, 5.74) is 0.232. The van der Waals surface area contributed by atoms with Crippen LogP contribution in [0.3, 0.4) is 0 Å². The Bertz CT molecular complexity index is 944. The Balaban J connectivity index is 1.68. The minimum absolute atomic E-state index is 0.0972. The van der Waals surface area contributed by atoms with E-state index in [1.54, 1.807) is 30.5 Å². The van der Waals surface area contributed by atoms with Gasteiger partial charge in [-0.1, -0.05) is 29.6 Å². The molecular weight excluding hydrogens is 389 g/mol. The van der Waals surface area contributed by atoms with E-state index in [1.165, 1.54) is 11.8 Å². The van der Waals surface area contributed by atoms with E-state index in [0.29, 0.717) is 29.5 Å². The topological polar surface area (TPSA) is 64.4 Å². The third-order valence-corrected chi connectivity index (χ3v) is 6.38. The molecule has 6 nitrogen and oxygen atoms in total. The molecule has 0 spiro atoms. The van der Waals surface area contributed by atoms with Gasteiger partial charge in [0.1, 0.15) is 5.02 Å². The lowest BCUT2D eigenvalue weighted by molar-refractivity contribution is -0.152. The van der Waals surface area contributed by atoms with E-state index < -0.39 is 11.0 Å². The number of halogens is 2. The zero-order valence-corrected chi connectivity index (χ0v) is 16.3. The Kier molecular flexibility index (Phi) is 4.64. The number of aromatic nitrogens is 2. The Morgan fingerprint density at radius 1 is 1.30 bits per heavy atom. The predicted molar refractivity (Wildman–Crippen MR) is 104 cm³/mol. The van der Waals surface area contributed by atoms with Crippen LogP contribution in [0.1, 0.15) is 19.3 Å². The van der Waals surface area contributed by atoms with Gasteiger partial charge in [0.2, 0.25) is 0 Å². The van der Waals surface area contributed by atoms with Crippen molar-refractivity contribution in [3.63, 3.8) is 0 Å². The van der Waals surface area contributed by atoms with Crippen molar-refractivity contribution in [1.82, 2.24) is 9.78 Å². The molecule has 1 aromatic carbocycles. The number of carbonyl (C=O) groups is 1. The largest absolute Gasteiger partial charge is 0.469 e. The molecule has 0 radical (unpaired) electrons. The maximum absolute atomic E-state index is 12.8. The third kappa shape index (κ3) is 2.91. The second kappa shape index (κ2) is 6.84. The number of fused-ring (bicyclic) bond motifs is 1. The molecule has 4 rings (SSSR count). The number of benzene rings is 1. The number of methoxy groups -OCH3 is 1. The summed E-state index contributed by atoms with van der Waals surface area (Å²) in [5.74, 6) is 0.0331. The molecule has 2 fully saturated rings. The highest BCUT2D eigenvalue weighted by Crippen LogP contribution is 2.50. The van der Waals surface area contributed by atoms with Gasteiger partial charge in [0, 0.05) is 18.1 Å². The van der Waals surface area contributed by atoms with Crippen LogP contribution in [0.5, 0.6) is 0 Å². The summed E-state index contributed by atoms with van der Waals surface area (Å²) in [5, 5.41) is 4.96. The standard InChI is InChI=1S/C19H19Cl2N3O3/c1-27-18(26)19-8-2-3-12(19)10-23(11-19)15-9-22-24(17(25)16(15)21)14-6-4-13(20)5-7-14/h4-7,9,12H,2-3,8,10-11H2,1H3. The number of hydrogen-bond donors (Lipinski definition) is 0.